The Balaban J connectivity index is 5.57. The zero-order chi connectivity index (χ0) is 27.1. The molecule has 35 heavy (non-hydrogen) atoms. The van der Waals surface area contributed by atoms with Crippen LogP contribution in [0.3, 0.4) is 0 Å². The summed E-state index contributed by atoms with van der Waals surface area (Å²) in [7, 11) is 0. The van der Waals surface area contributed by atoms with E-state index in [-0.39, 0.29) is 42.6 Å². The molecule has 0 aromatic rings. The number of rotatable bonds is 17. The molecule has 0 heterocycles. The number of nitrogens with one attached hydrogen (secondary N) is 4. The first kappa shape index (κ1) is 32.5. The summed E-state index contributed by atoms with van der Waals surface area (Å²) in [6.07, 6.45) is 3.27. The van der Waals surface area contributed by atoms with Gasteiger partial charge in [-0.05, 0) is 24.7 Å². The van der Waals surface area contributed by atoms with Gasteiger partial charge in [-0.1, -0.05) is 54.4 Å². The van der Waals surface area contributed by atoms with E-state index in [9.17, 15) is 29.1 Å². The van der Waals surface area contributed by atoms with E-state index in [2.05, 4.69) is 21.3 Å². The van der Waals surface area contributed by atoms with E-state index in [1.807, 2.05) is 20.8 Å². The molecule has 5 N–H and O–H groups in total. The van der Waals surface area contributed by atoms with E-state index in [1.165, 1.54) is 6.92 Å². The first-order valence-corrected chi connectivity index (χ1v) is 12.6. The van der Waals surface area contributed by atoms with Crippen molar-refractivity contribution >= 4 is 29.4 Å². The third kappa shape index (κ3) is 13.2. The van der Waals surface area contributed by atoms with Gasteiger partial charge in [0.2, 0.25) is 23.6 Å². The zero-order valence-corrected chi connectivity index (χ0v) is 22.4. The number of unbranched alkanes of at least 4 members (excludes halogenated alkanes) is 2. The fourth-order valence-corrected chi connectivity index (χ4v) is 3.46. The summed E-state index contributed by atoms with van der Waals surface area (Å²) in [6, 6.07) is -2.86. The summed E-state index contributed by atoms with van der Waals surface area (Å²) in [5.41, 5.74) is 0. The first-order valence-electron chi connectivity index (χ1n) is 12.6. The predicted molar refractivity (Wildman–Crippen MR) is 134 cm³/mol. The van der Waals surface area contributed by atoms with Crippen molar-refractivity contribution in [1.82, 2.24) is 21.3 Å². The standard InChI is InChI=1S/C25H46N4O6/c1-8-9-10-11-21(32)29-22(16(4)5)25(35)28-20(13-26-18(7)31)24(34)27-19(12-15(2)3)23(33)17(6)14-30/h15-17,19-20,22,30H,8-14H2,1-7H3,(H,26,31)(H,27,34)(H,28,35)(H,29,32)/t17-,19-,20-,22-/m0/s1. The molecule has 10 nitrogen and oxygen atoms in total. The normalized spacial score (nSPS) is 14.6. The molecule has 4 amide bonds. The molecular formula is C25H46N4O6. The Hall–Kier alpha value is -2.49. The molecule has 202 valence electrons. The monoisotopic (exact) mass is 498 g/mol. The van der Waals surface area contributed by atoms with Gasteiger partial charge >= 0.3 is 0 Å². The second kappa shape index (κ2) is 17.0. The van der Waals surface area contributed by atoms with Crippen molar-refractivity contribution in [1.29, 1.82) is 0 Å². The minimum atomic E-state index is -1.16. The van der Waals surface area contributed by atoms with Crippen LogP contribution in [0, 0.1) is 17.8 Å². The summed E-state index contributed by atoms with van der Waals surface area (Å²) < 4.78 is 0. The number of hydrogen-bond donors (Lipinski definition) is 5. The maximum Gasteiger partial charge on any atom is 0.245 e. The van der Waals surface area contributed by atoms with Gasteiger partial charge in [0.25, 0.3) is 0 Å². The predicted octanol–water partition coefficient (Wildman–Crippen LogP) is 1.06. The fourth-order valence-electron chi connectivity index (χ4n) is 3.46. The number of Topliss-reactive ketones (excluding diaryl/α,β-unsaturated/α-hetero) is 1. The summed E-state index contributed by atoms with van der Waals surface area (Å²) in [5, 5.41) is 20.0. The average Bonchev–Trinajstić information content (AvgIpc) is 2.77. The van der Waals surface area contributed by atoms with E-state index < -0.39 is 35.9 Å². The Kier molecular flexibility index (Phi) is 15.8. The maximum atomic E-state index is 13.1. The van der Waals surface area contributed by atoms with Crippen LogP contribution in [0.1, 0.15) is 80.6 Å². The van der Waals surface area contributed by atoms with E-state index in [4.69, 9.17) is 0 Å². The van der Waals surface area contributed by atoms with Gasteiger partial charge in [0.15, 0.2) is 5.78 Å². The number of carbonyl (C=O) groups is 5. The van der Waals surface area contributed by atoms with Crippen LogP contribution in [-0.4, -0.2) is 65.8 Å². The van der Waals surface area contributed by atoms with E-state index >= 15 is 0 Å². The van der Waals surface area contributed by atoms with Gasteiger partial charge in [0, 0.05) is 25.8 Å². The summed E-state index contributed by atoms with van der Waals surface area (Å²) in [4.78, 5) is 62.6. The van der Waals surface area contributed by atoms with Crippen LogP contribution in [0.25, 0.3) is 0 Å². The molecule has 0 aliphatic heterocycles. The first-order chi connectivity index (χ1) is 16.3. The largest absolute Gasteiger partial charge is 0.396 e. The Morgan fingerprint density at radius 3 is 1.91 bits per heavy atom. The van der Waals surface area contributed by atoms with Crippen LogP contribution in [0.5, 0.6) is 0 Å². The number of aliphatic hydroxyl groups excluding tert-OH is 1. The van der Waals surface area contributed by atoms with Gasteiger partial charge < -0.3 is 26.4 Å². The molecule has 0 rings (SSSR count). The highest BCUT2D eigenvalue weighted by Gasteiger charge is 2.32. The molecule has 10 heteroatoms. The van der Waals surface area contributed by atoms with E-state index in [1.54, 1.807) is 20.8 Å². The maximum absolute atomic E-state index is 13.1. The van der Waals surface area contributed by atoms with Gasteiger partial charge in [-0.3, -0.25) is 24.0 Å². The molecule has 0 saturated carbocycles. The van der Waals surface area contributed by atoms with Crippen LogP contribution in [0.4, 0.5) is 0 Å². The van der Waals surface area contributed by atoms with Gasteiger partial charge in [-0.15, -0.1) is 0 Å². The second-order valence-electron chi connectivity index (χ2n) is 9.92. The quantitative estimate of drug-likeness (QED) is 0.189. The second-order valence-corrected chi connectivity index (χ2v) is 9.92. The van der Waals surface area contributed by atoms with Gasteiger partial charge in [0.1, 0.15) is 12.1 Å². The highest BCUT2D eigenvalue weighted by Crippen LogP contribution is 2.11. The van der Waals surface area contributed by atoms with Gasteiger partial charge in [-0.2, -0.15) is 0 Å². The summed E-state index contributed by atoms with van der Waals surface area (Å²) in [6.45, 7) is 11.8. The lowest BCUT2D eigenvalue weighted by Crippen LogP contribution is -2.60. The van der Waals surface area contributed by atoms with E-state index in [0.29, 0.717) is 12.8 Å². The highest BCUT2D eigenvalue weighted by atomic mass is 16.3. The zero-order valence-electron chi connectivity index (χ0n) is 22.4. The molecule has 0 aliphatic carbocycles. The Labute approximate surface area is 209 Å². The van der Waals surface area contributed by atoms with Crippen molar-refractivity contribution in [3.63, 3.8) is 0 Å². The van der Waals surface area contributed by atoms with Crippen molar-refractivity contribution < 1.29 is 29.1 Å². The Bertz CT molecular complexity index is 710. The molecule has 0 aromatic heterocycles. The van der Waals surface area contributed by atoms with Crippen molar-refractivity contribution in [3.8, 4) is 0 Å². The van der Waals surface area contributed by atoms with Crippen LogP contribution in [-0.2, 0) is 24.0 Å². The summed E-state index contributed by atoms with van der Waals surface area (Å²) in [5.74, 6) is -2.92. The lowest BCUT2D eigenvalue weighted by molar-refractivity contribution is -0.135. The van der Waals surface area contributed by atoms with Crippen molar-refractivity contribution in [2.45, 2.75) is 98.7 Å². The minimum Gasteiger partial charge on any atom is -0.396 e. The van der Waals surface area contributed by atoms with Crippen molar-refractivity contribution in [3.05, 3.63) is 0 Å². The third-order valence-electron chi connectivity index (χ3n) is 5.59. The number of carbonyl (C=O) groups excluding carboxylic acids is 5. The molecule has 0 spiro atoms. The molecule has 4 atom stereocenters. The fraction of sp³-hybridized carbons (Fsp3) is 0.800. The van der Waals surface area contributed by atoms with Crippen LogP contribution >= 0.6 is 0 Å². The molecule has 0 saturated heterocycles. The molecule has 0 fully saturated rings. The highest BCUT2D eigenvalue weighted by molar-refractivity contribution is 5.95. The number of aliphatic hydroxyl groups is 1. The topological polar surface area (TPSA) is 154 Å². The molecule has 0 unspecified atom stereocenters. The van der Waals surface area contributed by atoms with Gasteiger partial charge in [0.05, 0.1) is 12.6 Å². The van der Waals surface area contributed by atoms with Crippen LogP contribution in [0.15, 0.2) is 0 Å². The van der Waals surface area contributed by atoms with Crippen LogP contribution < -0.4 is 21.3 Å². The molecule has 0 radical (unpaired) electrons. The third-order valence-corrected chi connectivity index (χ3v) is 5.59. The number of ketones is 1. The molecule has 0 aromatic carbocycles. The molecular weight excluding hydrogens is 452 g/mol. The van der Waals surface area contributed by atoms with Crippen molar-refractivity contribution in [2.75, 3.05) is 13.2 Å². The Morgan fingerprint density at radius 2 is 1.43 bits per heavy atom. The van der Waals surface area contributed by atoms with Crippen molar-refractivity contribution in [2.24, 2.45) is 17.8 Å². The number of hydrogen-bond acceptors (Lipinski definition) is 6. The lowest BCUT2D eigenvalue weighted by Gasteiger charge is -2.28. The van der Waals surface area contributed by atoms with E-state index in [0.717, 1.165) is 19.3 Å². The van der Waals surface area contributed by atoms with Crippen LogP contribution in [0.2, 0.25) is 0 Å². The Morgan fingerprint density at radius 1 is 0.829 bits per heavy atom. The average molecular weight is 499 g/mol. The molecule has 0 aliphatic rings. The summed E-state index contributed by atoms with van der Waals surface area (Å²) >= 11 is 0. The number of amides is 4. The SMILES string of the molecule is CCCCCC(=O)N[C@H](C(=O)N[C@@H](CNC(C)=O)C(=O)N[C@@H](CC(C)C)C(=O)[C@@H](C)CO)C(C)C. The minimum absolute atomic E-state index is 0.0896. The lowest BCUT2D eigenvalue weighted by atomic mass is 9.93. The van der Waals surface area contributed by atoms with Gasteiger partial charge in [-0.25, -0.2) is 0 Å². The smallest absolute Gasteiger partial charge is 0.245 e. The molecule has 0 bridgehead atoms.